The van der Waals surface area contributed by atoms with Crippen LogP contribution in [0.5, 0.6) is 0 Å². The van der Waals surface area contributed by atoms with Crippen LogP contribution in [-0.4, -0.2) is 50.3 Å². The van der Waals surface area contributed by atoms with E-state index in [4.69, 9.17) is 4.74 Å². The summed E-state index contributed by atoms with van der Waals surface area (Å²) in [7, 11) is 4.02. The quantitative estimate of drug-likeness (QED) is 0.720. The first-order chi connectivity index (χ1) is 7.69. The Bertz CT molecular complexity index is 187. The Kier molecular flexibility index (Phi) is 6.32. The van der Waals surface area contributed by atoms with Gasteiger partial charge in [0.2, 0.25) is 0 Å². The fraction of sp³-hybridized carbons (Fsp3) is 1.00. The smallest absolute Gasteiger partial charge is 0.0615 e. The molecule has 0 aromatic rings. The molecular formula is C13H28N2O. The summed E-state index contributed by atoms with van der Waals surface area (Å²) in [5.74, 6) is 0. The molecule has 1 aliphatic rings. The third-order valence-electron chi connectivity index (χ3n) is 3.77. The van der Waals surface area contributed by atoms with Crippen LogP contribution < -0.4 is 5.32 Å². The van der Waals surface area contributed by atoms with Crippen molar-refractivity contribution in [1.82, 2.24) is 10.2 Å². The first kappa shape index (κ1) is 13.9. The zero-order chi connectivity index (χ0) is 12.0. The SMILES string of the molecule is CCCNC1CCC(N(C)C(C)COC)C1. The van der Waals surface area contributed by atoms with Gasteiger partial charge in [-0.05, 0) is 46.2 Å². The van der Waals surface area contributed by atoms with Crippen molar-refractivity contribution in [3.8, 4) is 0 Å². The van der Waals surface area contributed by atoms with E-state index in [1.807, 2.05) is 0 Å². The van der Waals surface area contributed by atoms with Crippen LogP contribution in [-0.2, 0) is 4.74 Å². The third kappa shape index (κ3) is 4.04. The average Bonchev–Trinajstić information content (AvgIpc) is 2.74. The van der Waals surface area contributed by atoms with Crippen LogP contribution in [0.4, 0.5) is 0 Å². The van der Waals surface area contributed by atoms with E-state index in [1.165, 1.54) is 25.7 Å². The Morgan fingerprint density at radius 1 is 1.44 bits per heavy atom. The van der Waals surface area contributed by atoms with E-state index in [-0.39, 0.29) is 0 Å². The van der Waals surface area contributed by atoms with Crippen molar-refractivity contribution in [3.63, 3.8) is 0 Å². The summed E-state index contributed by atoms with van der Waals surface area (Å²) in [6.45, 7) is 6.47. The maximum Gasteiger partial charge on any atom is 0.0615 e. The topological polar surface area (TPSA) is 24.5 Å². The molecule has 1 N–H and O–H groups in total. The number of hydrogen-bond acceptors (Lipinski definition) is 3. The minimum Gasteiger partial charge on any atom is -0.383 e. The zero-order valence-electron chi connectivity index (χ0n) is 11.3. The minimum atomic E-state index is 0.528. The molecule has 1 aliphatic carbocycles. The first-order valence-electron chi connectivity index (χ1n) is 6.63. The lowest BCUT2D eigenvalue weighted by Crippen LogP contribution is -2.40. The van der Waals surface area contributed by atoms with Crippen molar-refractivity contribution in [2.24, 2.45) is 0 Å². The molecule has 0 bridgehead atoms. The predicted octanol–water partition coefficient (Wildman–Crippen LogP) is 1.87. The molecule has 16 heavy (non-hydrogen) atoms. The monoisotopic (exact) mass is 228 g/mol. The van der Waals surface area contributed by atoms with Crippen molar-refractivity contribution in [1.29, 1.82) is 0 Å². The summed E-state index contributed by atoms with van der Waals surface area (Å²) in [5.41, 5.74) is 0. The number of ether oxygens (including phenoxy) is 1. The van der Waals surface area contributed by atoms with Crippen molar-refractivity contribution in [2.75, 3.05) is 27.3 Å². The van der Waals surface area contributed by atoms with Crippen molar-refractivity contribution in [2.45, 2.75) is 57.7 Å². The average molecular weight is 228 g/mol. The van der Waals surface area contributed by atoms with Crippen LogP contribution in [0.15, 0.2) is 0 Å². The molecule has 3 unspecified atom stereocenters. The molecule has 0 amide bonds. The van der Waals surface area contributed by atoms with Crippen molar-refractivity contribution >= 4 is 0 Å². The van der Waals surface area contributed by atoms with Crippen molar-refractivity contribution < 1.29 is 4.74 Å². The number of nitrogens with one attached hydrogen (secondary N) is 1. The van der Waals surface area contributed by atoms with Crippen LogP contribution in [0.1, 0.15) is 39.5 Å². The van der Waals surface area contributed by atoms with Crippen LogP contribution in [0.25, 0.3) is 0 Å². The first-order valence-corrected chi connectivity index (χ1v) is 6.63. The lowest BCUT2D eigenvalue weighted by atomic mass is 10.1. The molecule has 0 saturated heterocycles. The number of nitrogens with zero attached hydrogens (tertiary/aromatic N) is 1. The van der Waals surface area contributed by atoms with E-state index in [1.54, 1.807) is 7.11 Å². The number of methoxy groups -OCH3 is 1. The summed E-state index contributed by atoms with van der Waals surface area (Å²) in [6.07, 6.45) is 5.18. The molecule has 3 heteroatoms. The Morgan fingerprint density at radius 2 is 2.19 bits per heavy atom. The summed E-state index contributed by atoms with van der Waals surface area (Å²) >= 11 is 0. The maximum atomic E-state index is 5.22. The van der Waals surface area contributed by atoms with E-state index in [0.717, 1.165) is 25.2 Å². The van der Waals surface area contributed by atoms with Crippen LogP contribution in [0.2, 0.25) is 0 Å². The van der Waals surface area contributed by atoms with Crippen molar-refractivity contribution in [3.05, 3.63) is 0 Å². The highest BCUT2D eigenvalue weighted by atomic mass is 16.5. The van der Waals surface area contributed by atoms with Gasteiger partial charge in [0.25, 0.3) is 0 Å². The second-order valence-electron chi connectivity index (χ2n) is 5.09. The maximum absolute atomic E-state index is 5.22. The molecule has 3 atom stereocenters. The van der Waals surface area contributed by atoms with Crippen LogP contribution in [0.3, 0.4) is 0 Å². The molecule has 3 nitrogen and oxygen atoms in total. The fourth-order valence-electron chi connectivity index (χ4n) is 2.58. The molecule has 0 aromatic carbocycles. The molecule has 1 rings (SSSR count). The Balaban J connectivity index is 2.28. The molecule has 96 valence electrons. The van der Waals surface area contributed by atoms with Crippen LogP contribution >= 0.6 is 0 Å². The number of rotatable bonds is 7. The Morgan fingerprint density at radius 3 is 2.81 bits per heavy atom. The lowest BCUT2D eigenvalue weighted by molar-refractivity contribution is 0.0899. The molecule has 1 fully saturated rings. The Hall–Kier alpha value is -0.120. The fourth-order valence-corrected chi connectivity index (χ4v) is 2.58. The summed E-state index contributed by atoms with van der Waals surface area (Å²) in [5, 5.41) is 3.63. The molecular weight excluding hydrogens is 200 g/mol. The lowest BCUT2D eigenvalue weighted by Gasteiger charge is -2.30. The third-order valence-corrected chi connectivity index (χ3v) is 3.77. The van der Waals surface area contributed by atoms with Gasteiger partial charge in [-0.1, -0.05) is 6.92 Å². The summed E-state index contributed by atoms with van der Waals surface area (Å²) in [6, 6.07) is 2.00. The Labute approximate surface area is 101 Å². The highest BCUT2D eigenvalue weighted by Gasteiger charge is 2.28. The molecule has 0 radical (unpaired) electrons. The predicted molar refractivity (Wildman–Crippen MR) is 68.8 cm³/mol. The van der Waals surface area contributed by atoms with Gasteiger partial charge in [-0.25, -0.2) is 0 Å². The standard InChI is InChI=1S/C13H28N2O/c1-5-8-14-12-6-7-13(9-12)15(3)11(2)10-16-4/h11-14H,5-10H2,1-4H3. The van der Waals surface area contributed by atoms with Gasteiger partial charge in [-0.3, -0.25) is 4.90 Å². The van der Waals surface area contributed by atoms with E-state index in [2.05, 4.69) is 31.1 Å². The summed E-state index contributed by atoms with van der Waals surface area (Å²) in [4.78, 5) is 2.48. The van der Waals surface area contributed by atoms with Gasteiger partial charge >= 0.3 is 0 Å². The van der Waals surface area contributed by atoms with Gasteiger partial charge in [0, 0.05) is 25.2 Å². The molecule has 0 heterocycles. The second-order valence-corrected chi connectivity index (χ2v) is 5.09. The van der Waals surface area contributed by atoms with Gasteiger partial charge in [-0.15, -0.1) is 0 Å². The highest BCUT2D eigenvalue weighted by molar-refractivity contribution is 4.87. The number of hydrogen-bond donors (Lipinski definition) is 1. The van der Waals surface area contributed by atoms with Crippen LogP contribution in [0, 0.1) is 0 Å². The van der Waals surface area contributed by atoms with Gasteiger partial charge < -0.3 is 10.1 Å². The normalized spacial score (nSPS) is 27.6. The summed E-state index contributed by atoms with van der Waals surface area (Å²) < 4.78 is 5.22. The van der Waals surface area contributed by atoms with E-state index < -0.39 is 0 Å². The van der Waals surface area contributed by atoms with E-state index in [0.29, 0.717) is 6.04 Å². The minimum absolute atomic E-state index is 0.528. The van der Waals surface area contributed by atoms with Gasteiger partial charge in [0.15, 0.2) is 0 Å². The van der Waals surface area contributed by atoms with E-state index in [9.17, 15) is 0 Å². The largest absolute Gasteiger partial charge is 0.383 e. The second kappa shape index (κ2) is 7.25. The van der Waals surface area contributed by atoms with E-state index >= 15 is 0 Å². The zero-order valence-corrected chi connectivity index (χ0v) is 11.3. The van der Waals surface area contributed by atoms with Gasteiger partial charge in [0.05, 0.1) is 6.61 Å². The molecule has 0 aliphatic heterocycles. The molecule has 1 saturated carbocycles. The van der Waals surface area contributed by atoms with Gasteiger partial charge in [0.1, 0.15) is 0 Å². The molecule has 0 aromatic heterocycles. The highest BCUT2D eigenvalue weighted by Crippen LogP contribution is 2.24. The molecule has 0 spiro atoms. The van der Waals surface area contributed by atoms with Gasteiger partial charge in [-0.2, -0.15) is 0 Å². The number of likely N-dealkylation sites (N-methyl/N-ethyl adjacent to an activating group) is 1.